The molecule has 1 aromatic carbocycles. The van der Waals surface area contributed by atoms with Crippen LogP contribution in [0.15, 0.2) is 18.2 Å². The Bertz CT molecular complexity index is 468. The van der Waals surface area contributed by atoms with Crippen LogP contribution in [0, 0.1) is 25.7 Å². The molecule has 0 spiro atoms. The van der Waals surface area contributed by atoms with E-state index in [1.54, 1.807) is 0 Å². The molecule has 1 aliphatic rings. The maximum Gasteiger partial charge on any atom is 0.188 e. The molecular formula is C18H26O2. The van der Waals surface area contributed by atoms with Gasteiger partial charge in [0.2, 0.25) is 0 Å². The summed E-state index contributed by atoms with van der Waals surface area (Å²) in [5.41, 5.74) is 3.15. The molecule has 0 aliphatic heterocycles. The maximum atomic E-state index is 12.2. The van der Waals surface area contributed by atoms with Gasteiger partial charge >= 0.3 is 0 Å². The Kier molecular flexibility index (Phi) is 4.98. The summed E-state index contributed by atoms with van der Waals surface area (Å²) < 4.78 is 5.86. The zero-order valence-electron chi connectivity index (χ0n) is 13.1. The Morgan fingerprint density at radius 1 is 1.10 bits per heavy atom. The van der Waals surface area contributed by atoms with Gasteiger partial charge < -0.3 is 4.74 Å². The molecule has 0 N–H and O–H groups in total. The third-order valence-corrected chi connectivity index (χ3v) is 4.41. The first-order valence-electron chi connectivity index (χ1n) is 7.67. The van der Waals surface area contributed by atoms with Crippen LogP contribution in [0.1, 0.15) is 54.6 Å². The molecule has 2 atom stereocenters. The second kappa shape index (κ2) is 6.53. The van der Waals surface area contributed by atoms with Crippen molar-refractivity contribution in [2.45, 2.75) is 53.1 Å². The molecule has 0 aromatic heterocycles. The molecule has 1 fully saturated rings. The minimum Gasteiger partial charge on any atom is -0.370 e. The van der Waals surface area contributed by atoms with E-state index in [4.69, 9.17) is 4.74 Å². The van der Waals surface area contributed by atoms with Crippen molar-refractivity contribution in [2.24, 2.45) is 11.8 Å². The highest BCUT2D eigenvalue weighted by Crippen LogP contribution is 2.30. The highest BCUT2D eigenvalue weighted by Gasteiger charge is 2.25. The molecule has 1 saturated carbocycles. The number of aryl methyl sites for hydroxylation is 2. The van der Waals surface area contributed by atoms with Gasteiger partial charge in [-0.05, 0) is 62.1 Å². The number of hydrogen-bond donors (Lipinski definition) is 0. The number of carbonyl (C=O) groups is 1. The van der Waals surface area contributed by atoms with Gasteiger partial charge in [0.05, 0.1) is 6.10 Å². The Balaban J connectivity index is 1.90. The molecule has 0 heterocycles. The van der Waals surface area contributed by atoms with Gasteiger partial charge in [0.1, 0.15) is 6.61 Å². The fraction of sp³-hybridized carbons (Fsp3) is 0.611. The van der Waals surface area contributed by atoms with Crippen molar-refractivity contribution >= 4 is 5.78 Å². The molecule has 2 nitrogen and oxygen atoms in total. The van der Waals surface area contributed by atoms with Gasteiger partial charge in [0, 0.05) is 5.56 Å². The first-order chi connectivity index (χ1) is 9.45. The van der Waals surface area contributed by atoms with Gasteiger partial charge in [-0.3, -0.25) is 4.79 Å². The van der Waals surface area contributed by atoms with E-state index in [2.05, 4.69) is 20.8 Å². The molecule has 0 radical (unpaired) electrons. The van der Waals surface area contributed by atoms with Gasteiger partial charge in [0.15, 0.2) is 5.78 Å². The number of Topliss-reactive ketones (excluding diaryl/α,β-unsaturated/α-hetero) is 1. The minimum atomic E-state index is 0.0963. The Hall–Kier alpha value is -1.15. The minimum absolute atomic E-state index is 0.0963. The Morgan fingerprint density at radius 2 is 1.75 bits per heavy atom. The van der Waals surface area contributed by atoms with Gasteiger partial charge in [0.25, 0.3) is 0 Å². The molecule has 2 unspecified atom stereocenters. The zero-order valence-corrected chi connectivity index (χ0v) is 13.1. The highest BCUT2D eigenvalue weighted by molar-refractivity contribution is 5.97. The monoisotopic (exact) mass is 274 g/mol. The summed E-state index contributed by atoms with van der Waals surface area (Å²) in [6.45, 7) is 8.86. The van der Waals surface area contributed by atoms with Crippen molar-refractivity contribution in [3.63, 3.8) is 0 Å². The van der Waals surface area contributed by atoms with E-state index >= 15 is 0 Å². The number of ketones is 1. The van der Waals surface area contributed by atoms with E-state index in [0.717, 1.165) is 24.0 Å². The summed E-state index contributed by atoms with van der Waals surface area (Å²) in [5, 5.41) is 0. The molecule has 20 heavy (non-hydrogen) atoms. The second-order valence-electron chi connectivity index (χ2n) is 6.57. The lowest BCUT2D eigenvalue weighted by atomic mass is 9.82. The summed E-state index contributed by atoms with van der Waals surface area (Å²) in [5.74, 6) is 1.51. The molecule has 1 aromatic rings. The number of rotatable bonds is 4. The molecule has 110 valence electrons. The fourth-order valence-electron chi connectivity index (χ4n) is 3.20. The summed E-state index contributed by atoms with van der Waals surface area (Å²) in [6.07, 6.45) is 3.71. The van der Waals surface area contributed by atoms with E-state index in [9.17, 15) is 4.79 Å². The predicted molar refractivity (Wildman–Crippen MR) is 82.2 cm³/mol. The van der Waals surface area contributed by atoms with Gasteiger partial charge in [-0.2, -0.15) is 0 Å². The van der Waals surface area contributed by atoms with Crippen LogP contribution < -0.4 is 0 Å². The quantitative estimate of drug-likeness (QED) is 0.764. The average Bonchev–Trinajstić information content (AvgIpc) is 2.38. The Morgan fingerprint density at radius 3 is 2.35 bits per heavy atom. The van der Waals surface area contributed by atoms with E-state index in [-0.39, 0.29) is 18.5 Å². The smallest absolute Gasteiger partial charge is 0.188 e. The zero-order chi connectivity index (χ0) is 14.7. The van der Waals surface area contributed by atoms with Crippen molar-refractivity contribution < 1.29 is 9.53 Å². The number of benzene rings is 1. The lowest BCUT2D eigenvalue weighted by Gasteiger charge is -2.31. The molecule has 0 amide bonds. The third-order valence-electron chi connectivity index (χ3n) is 4.41. The summed E-state index contributed by atoms with van der Waals surface area (Å²) in [6, 6.07) is 5.88. The van der Waals surface area contributed by atoms with Crippen LogP contribution in [-0.4, -0.2) is 18.5 Å². The van der Waals surface area contributed by atoms with Crippen LogP contribution >= 0.6 is 0 Å². The van der Waals surface area contributed by atoms with Crippen LogP contribution in [0.25, 0.3) is 0 Å². The first-order valence-corrected chi connectivity index (χ1v) is 7.67. The molecule has 2 heteroatoms. The van der Waals surface area contributed by atoms with E-state index in [0.29, 0.717) is 11.8 Å². The van der Waals surface area contributed by atoms with Crippen molar-refractivity contribution in [1.82, 2.24) is 0 Å². The predicted octanol–water partition coefficient (Wildman–Crippen LogP) is 4.33. The molecule has 2 rings (SSSR count). The topological polar surface area (TPSA) is 26.3 Å². The molecular weight excluding hydrogens is 248 g/mol. The molecule has 0 bridgehead atoms. The maximum absolute atomic E-state index is 12.2. The van der Waals surface area contributed by atoms with Gasteiger partial charge in [-0.1, -0.05) is 26.0 Å². The SMILES string of the molecule is Cc1ccc(C(=O)COC2CC(C)CC(C)C2)cc1C. The lowest BCUT2D eigenvalue weighted by Crippen LogP contribution is -2.28. The van der Waals surface area contributed by atoms with Crippen LogP contribution in [-0.2, 0) is 4.74 Å². The standard InChI is InChI=1S/C18H26O2/c1-12-7-13(2)9-17(8-12)20-11-18(19)16-6-5-14(3)15(4)10-16/h5-6,10,12-13,17H,7-9,11H2,1-4H3. The lowest BCUT2D eigenvalue weighted by molar-refractivity contribution is 0.00562. The second-order valence-corrected chi connectivity index (χ2v) is 6.57. The normalized spacial score (nSPS) is 26.5. The van der Waals surface area contributed by atoms with Crippen molar-refractivity contribution in [2.75, 3.05) is 6.61 Å². The van der Waals surface area contributed by atoms with Crippen LogP contribution in [0.4, 0.5) is 0 Å². The number of hydrogen-bond acceptors (Lipinski definition) is 2. The van der Waals surface area contributed by atoms with Crippen LogP contribution in [0.5, 0.6) is 0 Å². The number of carbonyl (C=O) groups excluding carboxylic acids is 1. The fourth-order valence-corrected chi connectivity index (χ4v) is 3.20. The Labute approximate surface area is 122 Å². The highest BCUT2D eigenvalue weighted by atomic mass is 16.5. The average molecular weight is 274 g/mol. The summed E-state index contributed by atoms with van der Waals surface area (Å²) >= 11 is 0. The van der Waals surface area contributed by atoms with Crippen LogP contribution in [0.2, 0.25) is 0 Å². The largest absolute Gasteiger partial charge is 0.370 e. The summed E-state index contributed by atoms with van der Waals surface area (Å²) in [7, 11) is 0. The van der Waals surface area contributed by atoms with Crippen LogP contribution in [0.3, 0.4) is 0 Å². The van der Waals surface area contributed by atoms with Gasteiger partial charge in [-0.15, -0.1) is 0 Å². The van der Waals surface area contributed by atoms with Crippen molar-refractivity contribution in [3.8, 4) is 0 Å². The van der Waals surface area contributed by atoms with E-state index < -0.39 is 0 Å². The molecule has 0 saturated heterocycles. The number of ether oxygens (including phenoxy) is 1. The van der Waals surface area contributed by atoms with E-state index in [1.807, 2.05) is 25.1 Å². The third kappa shape index (κ3) is 3.92. The van der Waals surface area contributed by atoms with Gasteiger partial charge in [-0.25, -0.2) is 0 Å². The first kappa shape index (κ1) is 15.2. The van der Waals surface area contributed by atoms with E-state index in [1.165, 1.54) is 12.0 Å². The summed E-state index contributed by atoms with van der Waals surface area (Å²) in [4.78, 5) is 12.2. The van der Waals surface area contributed by atoms with Crippen molar-refractivity contribution in [1.29, 1.82) is 0 Å². The van der Waals surface area contributed by atoms with Crippen molar-refractivity contribution in [3.05, 3.63) is 34.9 Å². The molecule has 1 aliphatic carbocycles.